The molecule has 7 nitrogen and oxygen atoms in total. The predicted molar refractivity (Wildman–Crippen MR) is 133 cm³/mol. The number of hydrogen-bond donors (Lipinski definition) is 2. The maximum absolute atomic E-state index is 13.1. The summed E-state index contributed by atoms with van der Waals surface area (Å²) in [6.45, 7) is 11.7. The number of likely N-dealkylation sites (tertiary alicyclic amines) is 2. The van der Waals surface area contributed by atoms with E-state index in [2.05, 4.69) is 11.3 Å². The number of benzene rings is 1. The van der Waals surface area contributed by atoms with Crippen LogP contribution in [0, 0.1) is 5.92 Å². The number of piperidine rings is 1. The molecule has 3 rings (SSSR count). The Morgan fingerprint density at radius 3 is 2.45 bits per heavy atom. The number of β-amino-alcohol motifs (C(OH)–C–C–N with tert-alkyl or cyclic N) is 1. The number of halogens is 2. The molecule has 2 atom stereocenters. The van der Waals surface area contributed by atoms with Crippen LogP contribution >= 0.6 is 23.2 Å². The number of ether oxygens (including phenoxy) is 1. The van der Waals surface area contributed by atoms with Crippen LogP contribution in [0.25, 0.3) is 0 Å². The van der Waals surface area contributed by atoms with Gasteiger partial charge in [-0.05, 0) is 45.6 Å². The SMILES string of the molecule is C=CCOc1cc(Cl)c(Cl)cc1C(N[S+]([O-])C(C)(C)C)C1CCN(C(=O)N2CC(O)C2)CC1. The second kappa shape index (κ2) is 11.1. The maximum atomic E-state index is 13.1. The highest BCUT2D eigenvalue weighted by atomic mass is 35.5. The van der Waals surface area contributed by atoms with Crippen molar-refractivity contribution < 1.29 is 19.2 Å². The zero-order valence-electron chi connectivity index (χ0n) is 19.4. The molecule has 2 N–H and O–H groups in total. The minimum absolute atomic E-state index is 0.0360. The molecule has 2 unspecified atom stereocenters. The van der Waals surface area contributed by atoms with Gasteiger partial charge in [-0.15, -0.1) is 4.72 Å². The second-order valence-corrected chi connectivity index (χ2v) is 12.4. The van der Waals surface area contributed by atoms with E-state index >= 15 is 0 Å². The third kappa shape index (κ3) is 6.50. The number of urea groups is 1. The van der Waals surface area contributed by atoms with Crippen LogP contribution in [0.3, 0.4) is 0 Å². The van der Waals surface area contributed by atoms with Gasteiger partial charge in [0.15, 0.2) is 0 Å². The number of carbonyl (C=O) groups excluding carboxylic acids is 1. The Morgan fingerprint density at radius 2 is 1.91 bits per heavy atom. The lowest BCUT2D eigenvalue weighted by atomic mass is 9.85. The summed E-state index contributed by atoms with van der Waals surface area (Å²) >= 11 is 11.3. The van der Waals surface area contributed by atoms with Gasteiger partial charge in [-0.3, -0.25) is 0 Å². The van der Waals surface area contributed by atoms with Crippen LogP contribution in [-0.4, -0.2) is 69.1 Å². The minimum Gasteiger partial charge on any atom is -0.598 e. The monoisotopic (exact) mass is 517 g/mol. The Labute approximate surface area is 209 Å². The average molecular weight is 519 g/mol. The first-order valence-corrected chi connectivity index (χ1v) is 13.0. The van der Waals surface area contributed by atoms with E-state index in [4.69, 9.17) is 27.9 Å². The zero-order chi connectivity index (χ0) is 24.3. The number of nitrogens with one attached hydrogen (secondary N) is 1. The molecule has 184 valence electrons. The van der Waals surface area contributed by atoms with Crippen molar-refractivity contribution in [1.82, 2.24) is 14.5 Å². The van der Waals surface area contributed by atoms with Crippen molar-refractivity contribution in [2.45, 2.75) is 50.5 Å². The van der Waals surface area contributed by atoms with Crippen molar-refractivity contribution in [1.29, 1.82) is 0 Å². The van der Waals surface area contributed by atoms with Gasteiger partial charge < -0.3 is 24.2 Å². The Balaban J connectivity index is 1.83. The highest BCUT2D eigenvalue weighted by Gasteiger charge is 2.39. The van der Waals surface area contributed by atoms with E-state index in [9.17, 15) is 14.5 Å². The van der Waals surface area contributed by atoms with Crippen LogP contribution in [0.5, 0.6) is 5.75 Å². The highest BCUT2D eigenvalue weighted by Crippen LogP contribution is 2.41. The molecule has 1 aromatic carbocycles. The van der Waals surface area contributed by atoms with Crippen molar-refractivity contribution in [2.24, 2.45) is 5.92 Å². The first-order valence-electron chi connectivity index (χ1n) is 11.1. The molecule has 2 aliphatic rings. The largest absolute Gasteiger partial charge is 0.598 e. The summed E-state index contributed by atoms with van der Waals surface area (Å²) in [6, 6.07) is 3.12. The molecule has 2 aliphatic heterocycles. The molecule has 0 radical (unpaired) electrons. The first-order chi connectivity index (χ1) is 15.5. The van der Waals surface area contributed by atoms with E-state index in [1.54, 1.807) is 23.1 Å². The van der Waals surface area contributed by atoms with E-state index in [1.807, 2.05) is 25.7 Å². The van der Waals surface area contributed by atoms with Crippen LogP contribution < -0.4 is 9.46 Å². The first kappa shape index (κ1) is 26.4. The molecule has 0 saturated carbocycles. The smallest absolute Gasteiger partial charge is 0.320 e. The molecule has 10 heteroatoms. The summed E-state index contributed by atoms with van der Waals surface area (Å²) in [5.41, 5.74) is 0.791. The van der Waals surface area contributed by atoms with E-state index in [0.717, 1.165) is 18.4 Å². The lowest BCUT2D eigenvalue weighted by Crippen LogP contribution is -2.58. The fourth-order valence-electron chi connectivity index (χ4n) is 4.00. The maximum Gasteiger partial charge on any atom is 0.320 e. The standard InChI is InChI=1S/C23H33Cl2N3O4S/c1-5-10-32-20-12-19(25)18(24)11-17(20)21(26-33(31)23(2,3)4)15-6-8-27(9-7-15)22(30)28-13-16(29)14-28/h5,11-12,15-16,21,26,29H,1,6-10,13-14H2,2-4H3. The molecule has 0 aliphatic carbocycles. The topological polar surface area (TPSA) is 88.1 Å². The van der Waals surface area contributed by atoms with E-state index in [0.29, 0.717) is 48.6 Å². The lowest BCUT2D eigenvalue weighted by Gasteiger charge is -2.43. The van der Waals surface area contributed by atoms with Gasteiger partial charge in [0.1, 0.15) is 17.1 Å². The van der Waals surface area contributed by atoms with Gasteiger partial charge in [0.25, 0.3) is 0 Å². The molecule has 1 aromatic rings. The second-order valence-electron chi connectivity index (χ2n) is 9.55. The Kier molecular flexibility index (Phi) is 8.86. The number of aliphatic hydroxyl groups excluding tert-OH is 1. The van der Waals surface area contributed by atoms with Crippen molar-refractivity contribution in [3.8, 4) is 5.75 Å². The summed E-state index contributed by atoms with van der Waals surface area (Å²) < 4.78 is 21.8. The number of rotatable bonds is 7. The van der Waals surface area contributed by atoms with Crippen LogP contribution in [0.1, 0.15) is 45.2 Å². The molecule has 0 aromatic heterocycles. The number of aliphatic hydroxyl groups is 1. The summed E-state index contributed by atoms with van der Waals surface area (Å²) in [6.07, 6.45) is 2.68. The molecular weight excluding hydrogens is 485 g/mol. The van der Waals surface area contributed by atoms with Gasteiger partial charge in [0.05, 0.1) is 35.3 Å². The Bertz CT molecular complexity index is 853. The van der Waals surface area contributed by atoms with E-state index in [-0.39, 0.29) is 18.0 Å². The van der Waals surface area contributed by atoms with Gasteiger partial charge in [-0.1, -0.05) is 35.9 Å². The molecule has 0 spiro atoms. The number of carbonyl (C=O) groups is 1. The quantitative estimate of drug-likeness (QED) is 0.418. The van der Waals surface area contributed by atoms with Crippen molar-refractivity contribution >= 4 is 40.6 Å². The number of nitrogens with zero attached hydrogens (tertiary/aromatic N) is 2. The molecule has 2 fully saturated rings. The fraction of sp³-hybridized carbons (Fsp3) is 0.609. The molecule has 33 heavy (non-hydrogen) atoms. The van der Waals surface area contributed by atoms with Crippen molar-refractivity contribution in [3.05, 3.63) is 40.4 Å². The summed E-state index contributed by atoms with van der Waals surface area (Å²) in [4.78, 5) is 16.1. The minimum atomic E-state index is -1.34. The average Bonchev–Trinajstić information content (AvgIpc) is 2.74. The van der Waals surface area contributed by atoms with Crippen LogP contribution in [-0.2, 0) is 11.4 Å². The number of hydrogen-bond acceptors (Lipinski definition) is 5. The molecule has 0 bridgehead atoms. The molecule has 2 saturated heterocycles. The van der Waals surface area contributed by atoms with E-state index in [1.165, 1.54) is 0 Å². The third-order valence-corrected chi connectivity index (χ3v) is 8.25. The van der Waals surface area contributed by atoms with Crippen LogP contribution in [0.2, 0.25) is 10.0 Å². The summed E-state index contributed by atoms with van der Waals surface area (Å²) in [5.74, 6) is 0.673. The van der Waals surface area contributed by atoms with Crippen LogP contribution in [0.4, 0.5) is 4.79 Å². The summed E-state index contributed by atoms with van der Waals surface area (Å²) in [5, 5.41) is 10.3. The van der Waals surface area contributed by atoms with Crippen molar-refractivity contribution in [2.75, 3.05) is 32.8 Å². The molecule has 2 amide bonds. The van der Waals surface area contributed by atoms with Gasteiger partial charge in [0.2, 0.25) is 0 Å². The van der Waals surface area contributed by atoms with Crippen molar-refractivity contribution in [3.63, 3.8) is 0 Å². The molecule has 2 heterocycles. The van der Waals surface area contributed by atoms with Gasteiger partial charge in [-0.2, -0.15) is 0 Å². The lowest BCUT2D eigenvalue weighted by molar-refractivity contribution is 0.0113. The predicted octanol–water partition coefficient (Wildman–Crippen LogP) is 4.16. The third-order valence-electron chi connectivity index (χ3n) is 5.95. The van der Waals surface area contributed by atoms with Crippen LogP contribution in [0.15, 0.2) is 24.8 Å². The zero-order valence-corrected chi connectivity index (χ0v) is 21.7. The number of amides is 2. The summed E-state index contributed by atoms with van der Waals surface area (Å²) in [7, 11) is 0. The molecular formula is C23H33Cl2N3O4S. The fourth-order valence-corrected chi connectivity index (χ4v) is 5.23. The van der Waals surface area contributed by atoms with Gasteiger partial charge in [0, 0.05) is 36.1 Å². The Hall–Kier alpha value is -1.16. The normalized spacial score (nSPS) is 19.7. The van der Waals surface area contributed by atoms with Gasteiger partial charge in [-0.25, -0.2) is 4.79 Å². The Morgan fingerprint density at radius 1 is 1.30 bits per heavy atom. The van der Waals surface area contributed by atoms with E-state index < -0.39 is 22.2 Å². The highest BCUT2D eigenvalue weighted by molar-refractivity contribution is 7.90. The van der Waals surface area contributed by atoms with Gasteiger partial charge >= 0.3 is 6.03 Å².